The van der Waals surface area contributed by atoms with Crippen molar-refractivity contribution in [3.05, 3.63) is 12.2 Å². The van der Waals surface area contributed by atoms with Crippen LogP contribution in [0, 0.1) is 0 Å². The number of carboxylic acids is 1. The summed E-state index contributed by atoms with van der Waals surface area (Å²) >= 11 is 0. The van der Waals surface area contributed by atoms with E-state index >= 15 is 0 Å². The van der Waals surface area contributed by atoms with Gasteiger partial charge in [0.05, 0.1) is 13.2 Å². The first-order valence-electron chi connectivity index (χ1n) is 18.7. The van der Waals surface area contributed by atoms with Gasteiger partial charge < -0.3 is 25.2 Å². The Hall–Kier alpha value is -1.78. The van der Waals surface area contributed by atoms with Crippen LogP contribution < -0.4 is 5.32 Å². The van der Waals surface area contributed by atoms with Crippen molar-refractivity contribution in [1.82, 2.24) is 5.32 Å². The molecule has 0 aliphatic rings. The molecular weight excluding hydrogens is 637 g/mol. The van der Waals surface area contributed by atoms with Gasteiger partial charge in [-0.2, -0.15) is 0 Å². The molecule has 0 aromatic carbocycles. The van der Waals surface area contributed by atoms with Crippen LogP contribution in [0.5, 0.6) is 0 Å². The quantitative estimate of drug-likeness (QED) is 0.0217. The molecule has 0 saturated carbocycles. The Kier molecular flexibility index (Phi) is 31.2. The molecule has 0 bridgehead atoms. The smallest absolute Gasteiger partial charge is 0.472 e. The van der Waals surface area contributed by atoms with Crippen molar-refractivity contribution in [3.8, 4) is 0 Å². The van der Waals surface area contributed by atoms with E-state index in [4.69, 9.17) is 9.26 Å². The minimum Gasteiger partial charge on any atom is -0.480 e. The van der Waals surface area contributed by atoms with Gasteiger partial charge in [-0.15, -0.1) is 0 Å². The molecular formula is C36H68NO10P. The van der Waals surface area contributed by atoms with Gasteiger partial charge in [0.25, 0.3) is 0 Å². The van der Waals surface area contributed by atoms with Crippen molar-refractivity contribution in [3.63, 3.8) is 0 Å². The lowest BCUT2D eigenvalue weighted by molar-refractivity contribution is -0.147. The van der Waals surface area contributed by atoms with Crippen molar-refractivity contribution in [2.24, 2.45) is 0 Å². The third-order valence-electron chi connectivity index (χ3n) is 8.05. The van der Waals surface area contributed by atoms with Crippen LogP contribution in [0.1, 0.15) is 168 Å². The van der Waals surface area contributed by atoms with Gasteiger partial charge in [-0.25, -0.2) is 9.36 Å². The molecule has 0 aliphatic heterocycles. The zero-order valence-electron chi connectivity index (χ0n) is 30.0. The molecule has 0 saturated heterocycles. The van der Waals surface area contributed by atoms with E-state index in [9.17, 15) is 34.1 Å². The normalized spacial score (nSPS) is 14.1. The number of unbranched alkanes of at least 4 members (excludes halogenated alkanes) is 19. The first-order chi connectivity index (χ1) is 23.1. The monoisotopic (exact) mass is 705 g/mol. The Labute approximate surface area is 290 Å². The molecule has 0 heterocycles. The van der Waals surface area contributed by atoms with E-state index in [1.807, 2.05) is 6.92 Å². The van der Waals surface area contributed by atoms with Crippen LogP contribution >= 0.6 is 7.82 Å². The van der Waals surface area contributed by atoms with E-state index in [0.717, 1.165) is 32.1 Å². The number of aliphatic hydroxyl groups is 1. The van der Waals surface area contributed by atoms with E-state index in [1.165, 1.54) is 96.3 Å². The van der Waals surface area contributed by atoms with Gasteiger partial charge >= 0.3 is 19.8 Å². The zero-order chi connectivity index (χ0) is 35.7. The minimum absolute atomic E-state index is 0.147. The number of carbonyl (C=O) groups is 3. The number of hydrogen-bond donors (Lipinski definition) is 4. The Morgan fingerprint density at radius 2 is 1.08 bits per heavy atom. The maximum Gasteiger partial charge on any atom is 0.472 e. The van der Waals surface area contributed by atoms with E-state index in [0.29, 0.717) is 12.8 Å². The molecule has 0 spiro atoms. The summed E-state index contributed by atoms with van der Waals surface area (Å²) in [6, 6.07) is -1.54. The second kappa shape index (κ2) is 32.4. The molecule has 0 rings (SSSR count). The molecule has 0 aromatic rings. The first kappa shape index (κ1) is 46.2. The summed E-state index contributed by atoms with van der Waals surface area (Å²) in [6.07, 6.45) is 29.2. The van der Waals surface area contributed by atoms with Gasteiger partial charge in [0, 0.05) is 12.8 Å². The maximum atomic E-state index is 12.2. The number of esters is 1. The number of hydrogen-bond acceptors (Lipinski definition) is 8. The number of ether oxygens (including phenoxy) is 1. The third kappa shape index (κ3) is 31.5. The molecule has 4 N–H and O–H groups in total. The van der Waals surface area contributed by atoms with E-state index < -0.39 is 57.6 Å². The predicted octanol–water partition coefficient (Wildman–Crippen LogP) is 8.55. The lowest BCUT2D eigenvalue weighted by Crippen LogP contribution is -2.43. The number of carbonyl (C=O) groups excluding carboxylic acids is 2. The number of aliphatic carboxylic acids is 1. The molecule has 1 amide bonds. The number of rotatable bonds is 35. The van der Waals surface area contributed by atoms with Crippen molar-refractivity contribution in [2.75, 3.05) is 19.8 Å². The molecule has 3 atom stereocenters. The number of allylic oxidation sites excluding steroid dienone is 2. The van der Waals surface area contributed by atoms with Crippen molar-refractivity contribution in [2.45, 2.75) is 180 Å². The minimum atomic E-state index is -4.73. The van der Waals surface area contributed by atoms with Crippen molar-refractivity contribution < 1.29 is 47.8 Å². The summed E-state index contributed by atoms with van der Waals surface area (Å²) < 4.78 is 26.4. The van der Waals surface area contributed by atoms with Crippen LogP contribution in [-0.4, -0.2) is 64.9 Å². The zero-order valence-corrected chi connectivity index (χ0v) is 30.9. The second-order valence-electron chi connectivity index (χ2n) is 12.8. The molecule has 48 heavy (non-hydrogen) atoms. The predicted molar refractivity (Wildman–Crippen MR) is 190 cm³/mol. The molecule has 12 heteroatoms. The van der Waals surface area contributed by atoms with Crippen LogP contribution in [0.3, 0.4) is 0 Å². The van der Waals surface area contributed by atoms with Crippen LogP contribution in [-0.2, 0) is 32.7 Å². The maximum absolute atomic E-state index is 12.2. The highest BCUT2D eigenvalue weighted by Gasteiger charge is 2.28. The lowest BCUT2D eigenvalue weighted by atomic mass is 10.0. The number of amides is 1. The average molecular weight is 706 g/mol. The highest BCUT2D eigenvalue weighted by Crippen LogP contribution is 2.43. The fourth-order valence-corrected chi connectivity index (χ4v) is 5.85. The fraction of sp³-hybridized carbons (Fsp3) is 0.861. The van der Waals surface area contributed by atoms with Gasteiger partial charge in [-0.1, -0.05) is 129 Å². The van der Waals surface area contributed by atoms with Gasteiger partial charge in [0.1, 0.15) is 12.7 Å². The van der Waals surface area contributed by atoms with Crippen LogP contribution in [0.2, 0.25) is 0 Å². The van der Waals surface area contributed by atoms with E-state index in [1.54, 1.807) is 0 Å². The van der Waals surface area contributed by atoms with Gasteiger partial charge in [-0.05, 0) is 38.5 Å². The highest BCUT2D eigenvalue weighted by atomic mass is 31.2. The summed E-state index contributed by atoms with van der Waals surface area (Å²) in [5.41, 5.74) is 0. The Bertz CT molecular complexity index is 885. The number of nitrogens with one attached hydrogen (secondary N) is 1. The van der Waals surface area contributed by atoms with Crippen molar-refractivity contribution >= 4 is 25.7 Å². The summed E-state index contributed by atoms with van der Waals surface area (Å²) in [7, 11) is -4.73. The first-order valence-corrected chi connectivity index (χ1v) is 20.2. The van der Waals surface area contributed by atoms with E-state index in [2.05, 4.69) is 28.9 Å². The number of phosphoric acid groups is 1. The number of carboxylic acid groups (broad SMARTS) is 1. The van der Waals surface area contributed by atoms with Crippen LogP contribution in [0.4, 0.5) is 0 Å². The summed E-state index contributed by atoms with van der Waals surface area (Å²) in [5, 5.41) is 21.5. The van der Waals surface area contributed by atoms with Crippen molar-refractivity contribution in [1.29, 1.82) is 0 Å². The van der Waals surface area contributed by atoms with Crippen LogP contribution in [0.15, 0.2) is 12.2 Å². The molecule has 0 aliphatic carbocycles. The largest absolute Gasteiger partial charge is 0.480 e. The molecule has 11 nitrogen and oxygen atoms in total. The Morgan fingerprint density at radius 1 is 0.646 bits per heavy atom. The van der Waals surface area contributed by atoms with Crippen LogP contribution in [0.25, 0.3) is 0 Å². The molecule has 0 radical (unpaired) electrons. The summed E-state index contributed by atoms with van der Waals surface area (Å²) in [4.78, 5) is 45.2. The summed E-state index contributed by atoms with van der Waals surface area (Å²) in [5.74, 6) is -2.40. The number of phosphoric ester groups is 1. The molecule has 3 unspecified atom stereocenters. The Morgan fingerprint density at radius 3 is 1.60 bits per heavy atom. The second-order valence-corrected chi connectivity index (χ2v) is 14.2. The average Bonchev–Trinajstić information content (AvgIpc) is 3.05. The highest BCUT2D eigenvalue weighted by molar-refractivity contribution is 7.47. The summed E-state index contributed by atoms with van der Waals surface area (Å²) in [6.45, 7) is 2.37. The standard InChI is InChI=1S/C36H68NO10P/c1-3-5-7-8-9-10-11-12-13-14-15-16-17-18-19-20-21-22-23-24-26-27-34(39)37-33(36(41)42)31-47-48(43,44)46-30-32(38)29-45-35(40)28-25-6-4-2/h12-13,32-33,38H,3-11,14-31H2,1-2H3,(H,37,39)(H,41,42)(H,43,44)/b13-12+. The van der Waals surface area contributed by atoms with E-state index in [-0.39, 0.29) is 12.8 Å². The fourth-order valence-electron chi connectivity index (χ4n) is 5.07. The number of aliphatic hydroxyl groups excluding tert-OH is 1. The molecule has 0 fully saturated rings. The van der Waals surface area contributed by atoms with Gasteiger partial charge in [0.2, 0.25) is 5.91 Å². The molecule has 282 valence electrons. The van der Waals surface area contributed by atoms with Gasteiger partial charge in [-0.3, -0.25) is 18.6 Å². The Balaban J connectivity index is 3.83. The lowest BCUT2D eigenvalue weighted by Gasteiger charge is -2.18. The van der Waals surface area contributed by atoms with Gasteiger partial charge in [0.15, 0.2) is 6.04 Å². The SMILES string of the molecule is CCCCCCCC/C=C/CCCCCCCCCCCCCC(=O)NC(COP(=O)(O)OCC(O)COC(=O)CCCCC)C(=O)O. The molecule has 0 aromatic heterocycles. The topological polar surface area (TPSA) is 169 Å². The third-order valence-corrected chi connectivity index (χ3v) is 9.01.